The Labute approximate surface area is 151 Å². The number of hydrogen-bond donors (Lipinski definition) is 0. The number of carbonyl (C=O) groups is 1. The Hall–Kier alpha value is -2.13. The average Bonchev–Trinajstić information content (AvgIpc) is 3.06. The minimum Gasteiger partial charge on any atom is -0.299 e. The molecule has 2 aromatic rings. The second-order valence-electron chi connectivity index (χ2n) is 5.76. The third-order valence-corrected chi connectivity index (χ3v) is 4.32. The molecule has 1 aliphatic heterocycles. The molecule has 2 heterocycles. The van der Waals surface area contributed by atoms with E-state index in [0.29, 0.717) is 5.69 Å². The lowest BCUT2D eigenvalue weighted by Gasteiger charge is -2.44. The third-order valence-electron chi connectivity index (χ3n) is 4.05. The van der Waals surface area contributed by atoms with Gasteiger partial charge in [0, 0.05) is 18.0 Å². The summed E-state index contributed by atoms with van der Waals surface area (Å²) >= 11 is 5.58. The van der Waals surface area contributed by atoms with Gasteiger partial charge in [-0.1, -0.05) is 29.8 Å². The van der Waals surface area contributed by atoms with E-state index in [1.54, 1.807) is 48.3 Å². The highest BCUT2D eigenvalue weighted by Gasteiger charge is 2.49. The standard InChI is InChI=1S/C16H14ClF4N3O2/c1-9-4-2-5-10-11(8-23-7-3-6-22-23)24(12(9)10)14(25)13(17)26-16(20,21)15(18)19/h2-7,11,13,15H,8H2,1H3. The Morgan fingerprint density at radius 1 is 1.38 bits per heavy atom. The summed E-state index contributed by atoms with van der Waals surface area (Å²) in [6.45, 7) is 1.99. The molecule has 2 atom stereocenters. The van der Waals surface area contributed by atoms with Gasteiger partial charge >= 0.3 is 12.5 Å². The van der Waals surface area contributed by atoms with Gasteiger partial charge < -0.3 is 0 Å². The summed E-state index contributed by atoms with van der Waals surface area (Å²) < 4.78 is 56.1. The zero-order chi connectivity index (χ0) is 19.1. The molecular weight excluding hydrogens is 378 g/mol. The van der Waals surface area contributed by atoms with E-state index in [4.69, 9.17) is 11.6 Å². The van der Waals surface area contributed by atoms with E-state index >= 15 is 0 Å². The first kappa shape index (κ1) is 18.7. The summed E-state index contributed by atoms with van der Waals surface area (Å²) in [7, 11) is 0. The van der Waals surface area contributed by atoms with Gasteiger partial charge in [-0.05, 0) is 18.6 Å². The smallest absolute Gasteiger partial charge is 0.299 e. The molecule has 5 nitrogen and oxygen atoms in total. The molecule has 2 unspecified atom stereocenters. The number of benzene rings is 1. The van der Waals surface area contributed by atoms with E-state index in [1.807, 2.05) is 0 Å². The molecule has 0 fully saturated rings. The Morgan fingerprint density at radius 3 is 2.73 bits per heavy atom. The minimum absolute atomic E-state index is 0.254. The molecule has 0 saturated carbocycles. The van der Waals surface area contributed by atoms with Crippen molar-refractivity contribution in [1.82, 2.24) is 9.78 Å². The number of para-hydroxylation sites is 1. The van der Waals surface area contributed by atoms with Crippen LogP contribution in [0.1, 0.15) is 17.2 Å². The molecule has 1 aliphatic rings. The lowest BCUT2D eigenvalue weighted by Crippen LogP contribution is -2.50. The van der Waals surface area contributed by atoms with Crippen LogP contribution in [0, 0.1) is 6.92 Å². The Bertz CT molecular complexity index is 801. The molecule has 3 rings (SSSR count). The lowest BCUT2D eigenvalue weighted by molar-refractivity contribution is -0.303. The van der Waals surface area contributed by atoms with Crippen molar-refractivity contribution < 1.29 is 27.1 Å². The first-order valence-corrected chi connectivity index (χ1v) is 8.04. The fourth-order valence-electron chi connectivity index (χ4n) is 2.89. The van der Waals surface area contributed by atoms with Crippen LogP contribution in [0.5, 0.6) is 0 Å². The molecule has 0 radical (unpaired) electrons. The Morgan fingerprint density at radius 2 is 2.12 bits per heavy atom. The lowest BCUT2D eigenvalue weighted by atomic mass is 9.89. The molecular formula is C16H14ClF4N3O2. The maximum atomic E-state index is 13.1. The van der Waals surface area contributed by atoms with Gasteiger partial charge in [0.15, 0.2) is 0 Å². The van der Waals surface area contributed by atoms with E-state index in [0.717, 1.165) is 11.1 Å². The Kier molecular flexibility index (Phi) is 4.94. The highest BCUT2D eigenvalue weighted by atomic mass is 35.5. The van der Waals surface area contributed by atoms with Crippen LogP contribution >= 0.6 is 11.6 Å². The van der Waals surface area contributed by atoms with Gasteiger partial charge in [0.1, 0.15) is 0 Å². The van der Waals surface area contributed by atoms with Gasteiger partial charge in [-0.15, -0.1) is 0 Å². The van der Waals surface area contributed by atoms with Crippen molar-refractivity contribution >= 4 is 23.2 Å². The van der Waals surface area contributed by atoms with Crippen molar-refractivity contribution in [2.45, 2.75) is 37.6 Å². The fraction of sp³-hybridized carbons (Fsp3) is 0.375. The van der Waals surface area contributed by atoms with Gasteiger partial charge in [0.05, 0.1) is 18.3 Å². The molecule has 0 N–H and O–H groups in total. The largest absolute Gasteiger partial charge is 0.418 e. The highest BCUT2D eigenvalue weighted by Crippen LogP contribution is 2.47. The second kappa shape index (κ2) is 6.88. The second-order valence-corrected chi connectivity index (χ2v) is 6.16. The molecule has 26 heavy (non-hydrogen) atoms. The average molecular weight is 392 g/mol. The summed E-state index contributed by atoms with van der Waals surface area (Å²) in [6.07, 6.45) is -5.69. The van der Waals surface area contributed by atoms with Crippen molar-refractivity contribution in [3.8, 4) is 0 Å². The SMILES string of the molecule is Cc1cccc2c1N(C(=O)C(Cl)OC(F)(F)C(F)F)C2Cn1cccn1. The van der Waals surface area contributed by atoms with E-state index in [2.05, 4.69) is 9.84 Å². The number of aryl methyl sites for hydroxylation is 1. The molecule has 140 valence electrons. The molecule has 1 amide bonds. The van der Waals surface area contributed by atoms with Gasteiger partial charge in [-0.25, -0.2) is 8.78 Å². The molecule has 0 bridgehead atoms. The fourth-order valence-corrected chi connectivity index (χ4v) is 3.11. The topological polar surface area (TPSA) is 47.4 Å². The number of ether oxygens (including phenoxy) is 1. The van der Waals surface area contributed by atoms with Crippen LogP contribution in [0.25, 0.3) is 0 Å². The Balaban J connectivity index is 1.85. The first-order valence-electron chi connectivity index (χ1n) is 7.60. The van der Waals surface area contributed by atoms with Crippen LogP contribution < -0.4 is 4.90 Å². The number of alkyl halides is 5. The molecule has 0 saturated heterocycles. The summed E-state index contributed by atoms with van der Waals surface area (Å²) in [6, 6.07) is 6.49. The number of aromatic nitrogens is 2. The number of carbonyl (C=O) groups excluding carboxylic acids is 1. The number of anilines is 1. The number of hydrogen-bond acceptors (Lipinski definition) is 3. The summed E-state index contributed by atoms with van der Waals surface area (Å²) in [5.74, 6) is -1.04. The van der Waals surface area contributed by atoms with Crippen molar-refractivity contribution in [2.24, 2.45) is 0 Å². The quantitative estimate of drug-likeness (QED) is 0.557. The van der Waals surface area contributed by atoms with Gasteiger partial charge in [0.2, 0.25) is 5.56 Å². The third kappa shape index (κ3) is 3.28. The normalized spacial score (nSPS) is 17.8. The molecule has 1 aromatic carbocycles. The number of nitrogens with zero attached hydrogens (tertiary/aromatic N) is 3. The number of rotatable bonds is 6. The summed E-state index contributed by atoms with van der Waals surface area (Å²) in [4.78, 5) is 13.7. The number of amides is 1. The number of halogens is 5. The highest BCUT2D eigenvalue weighted by molar-refractivity contribution is 6.32. The maximum absolute atomic E-state index is 13.1. The van der Waals surface area contributed by atoms with Crippen molar-refractivity contribution in [3.05, 3.63) is 47.8 Å². The maximum Gasteiger partial charge on any atom is 0.418 e. The van der Waals surface area contributed by atoms with E-state index in [9.17, 15) is 22.4 Å². The van der Waals surface area contributed by atoms with Crippen LogP contribution in [0.15, 0.2) is 36.7 Å². The summed E-state index contributed by atoms with van der Waals surface area (Å²) in [5.41, 5.74) is -0.230. The zero-order valence-corrected chi connectivity index (χ0v) is 14.2. The van der Waals surface area contributed by atoms with E-state index in [1.165, 1.54) is 4.90 Å². The molecule has 0 aliphatic carbocycles. The zero-order valence-electron chi connectivity index (χ0n) is 13.5. The number of fused-ring (bicyclic) bond motifs is 1. The van der Waals surface area contributed by atoms with Gasteiger partial charge in [-0.2, -0.15) is 13.9 Å². The predicted molar refractivity (Wildman–Crippen MR) is 85.3 cm³/mol. The van der Waals surface area contributed by atoms with Crippen LogP contribution in [0.3, 0.4) is 0 Å². The van der Waals surface area contributed by atoms with Crippen LogP contribution in [0.2, 0.25) is 0 Å². The minimum atomic E-state index is -4.82. The molecule has 0 spiro atoms. The van der Waals surface area contributed by atoms with Crippen LogP contribution in [0.4, 0.5) is 23.2 Å². The summed E-state index contributed by atoms with van der Waals surface area (Å²) in [5, 5.41) is 4.05. The van der Waals surface area contributed by atoms with Crippen LogP contribution in [-0.4, -0.2) is 33.8 Å². The van der Waals surface area contributed by atoms with Crippen molar-refractivity contribution in [3.63, 3.8) is 0 Å². The van der Waals surface area contributed by atoms with Crippen molar-refractivity contribution in [2.75, 3.05) is 4.90 Å². The van der Waals surface area contributed by atoms with Gasteiger partial charge in [-0.3, -0.25) is 19.1 Å². The monoisotopic (exact) mass is 391 g/mol. The van der Waals surface area contributed by atoms with Crippen LogP contribution in [-0.2, 0) is 16.1 Å². The molecule has 10 heteroatoms. The first-order chi connectivity index (χ1) is 12.2. The van der Waals surface area contributed by atoms with Crippen molar-refractivity contribution in [1.29, 1.82) is 0 Å². The molecule has 1 aromatic heterocycles. The van der Waals surface area contributed by atoms with E-state index in [-0.39, 0.29) is 6.54 Å². The predicted octanol–water partition coefficient (Wildman–Crippen LogP) is 3.72. The van der Waals surface area contributed by atoms with Gasteiger partial charge in [0.25, 0.3) is 5.91 Å². The van der Waals surface area contributed by atoms with E-state index < -0.39 is 30.0 Å².